The van der Waals surface area contributed by atoms with Crippen molar-refractivity contribution >= 4 is 5.78 Å². The Balaban J connectivity index is 2.30. The van der Waals surface area contributed by atoms with Gasteiger partial charge in [0.25, 0.3) is 0 Å². The molecular weight excluding hydrogens is 248 g/mol. The topological polar surface area (TPSA) is 25.2 Å². The number of carbonyl (C=O) groups excluding carboxylic acids is 1. The quantitative estimate of drug-likeness (QED) is 0.627. The van der Waals surface area contributed by atoms with E-state index in [9.17, 15) is 4.79 Å². The standard InChI is InChI=1S/C17H20N2O/c1-13-7-5-6-8-16(13)19-10-9-15(12-19)17(20)14(2)11-18(3)4/h5-12H,1-4H3. The van der Waals surface area contributed by atoms with Crippen molar-refractivity contribution in [1.29, 1.82) is 0 Å². The van der Waals surface area contributed by atoms with Gasteiger partial charge in [0.2, 0.25) is 0 Å². The van der Waals surface area contributed by atoms with Gasteiger partial charge in [0.1, 0.15) is 0 Å². The van der Waals surface area contributed by atoms with E-state index in [1.165, 1.54) is 5.56 Å². The van der Waals surface area contributed by atoms with E-state index in [1.54, 1.807) is 0 Å². The lowest BCUT2D eigenvalue weighted by atomic mass is 10.1. The first-order valence-electron chi connectivity index (χ1n) is 6.62. The van der Waals surface area contributed by atoms with Crippen LogP contribution in [0.1, 0.15) is 22.8 Å². The molecule has 1 heterocycles. The monoisotopic (exact) mass is 268 g/mol. The molecule has 1 aromatic heterocycles. The molecule has 0 bridgehead atoms. The highest BCUT2D eigenvalue weighted by molar-refractivity contribution is 6.08. The largest absolute Gasteiger partial charge is 0.383 e. The van der Waals surface area contributed by atoms with E-state index in [4.69, 9.17) is 0 Å². The number of aromatic nitrogens is 1. The molecule has 0 spiro atoms. The first-order chi connectivity index (χ1) is 9.49. The van der Waals surface area contributed by atoms with Crippen LogP contribution in [0.2, 0.25) is 0 Å². The van der Waals surface area contributed by atoms with E-state index in [0.717, 1.165) is 11.3 Å². The van der Waals surface area contributed by atoms with Crippen molar-refractivity contribution in [2.24, 2.45) is 0 Å². The molecule has 0 saturated carbocycles. The van der Waals surface area contributed by atoms with Crippen molar-refractivity contribution in [3.8, 4) is 5.69 Å². The van der Waals surface area contributed by atoms with Crippen molar-refractivity contribution in [3.05, 3.63) is 65.6 Å². The van der Waals surface area contributed by atoms with E-state index in [2.05, 4.69) is 13.0 Å². The van der Waals surface area contributed by atoms with E-state index in [1.807, 2.05) is 73.3 Å². The SMILES string of the molecule is CC(=CN(C)C)C(=O)c1ccn(-c2ccccc2C)c1. The number of rotatable bonds is 4. The number of Topliss-reactive ketones (excluding diaryl/α,β-unsaturated/α-hetero) is 1. The minimum atomic E-state index is 0.0611. The lowest BCUT2D eigenvalue weighted by molar-refractivity contribution is 0.103. The van der Waals surface area contributed by atoms with Gasteiger partial charge < -0.3 is 9.47 Å². The van der Waals surface area contributed by atoms with Crippen LogP contribution in [0.25, 0.3) is 5.69 Å². The summed E-state index contributed by atoms with van der Waals surface area (Å²) in [7, 11) is 3.82. The molecule has 0 aliphatic rings. The molecule has 2 aromatic rings. The minimum absolute atomic E-state index is 0.0611. The Hall–Kier alpha value is -2.29. The smallest absolute Gasteiger partial charge is 0.191 e. The maximum absolute atomic E-state index is 12.3. The predicted molar refractivity (Wildman–Crippen MR) is 82.3 cm³/mol. The summed E-state index contributed by atoms with van der Waals surface area (Å²) in [6.45, 7) is 3.90. The van der Waals surface area contributed by atoms with Crippen LogP contribution in [0.5, 0.6) is 0 Å². The van der Waals surface area contributed by atoms with Crippen LogP contribution in [-0.4, -0.2) is 29.3 Å². The highest BCUT2D eigenvalue weighted by Crippen LogP contribution is 2.17. The van der Waals surface area contributed by atoms with Gasteiger partial charge in [-0.3, -0.25) is 4.79 Å². The van der Waals surface area contributed by atoms with Gasteiger partial charge in [-0.2, -0.15) is 0 Å². The lowest BCUT2D eigenvalue weighted by Gasteiger charge is -2.07. The summed E-state index contributed by atoms with van der Waals surface area (Å²) < 4.78 is 1.99. The molecule has 0 aliphatic heterocycles. The molecule has 1 aromatic carbocycles. The third kappa shape index (κ3) is 2.99. The zero-order valence-electron chi connectivity index (χ0n) is 12.4. The van der Waals surface area contributed by atoms with Crippen molar-refractivity contribution in [2.45, 2.75) is 13.8 Å². The summed E-state index contributed by atoms with van der Waals surface area (Å²) in [5, 5.41) is 0. The molecule has 20 heavy (non-hydrogen) atoms. The fourth-order valence-corrected chi connectivity index (χ4v) is 2.21. The van der Waals surface area contributed by atoms with Gasteiger partial charge in [-0.05, 0) is 31.5 Å². The molecule has 3 nitrogen and oxygen atoms in total. The summed E-state index contributed by atoms with van der Waals surface area (Å²) in [6, 6.07) is 9.99. The maximum Gasteiger partial charge on any atom is 0.191 e. The highest BCUT2D eigenvalue weighted by Gasteiger charge is 2.11. The molecule has 104 valence electrons. The fraction of sp³-hybridized carbons (Fsp3) is 0.235. The Morgan fingerprint density at radius 1 is 1.20 bits per heavy atom. The first kappa shape index (κ1) is 14.1. The lowest BCUT2D eigenvalue weighted by Crippen LogP contribution is -2.07. The molecule has 0 amide bonds. The van der Waals surface area contributed by atoms with E-state index in [-0.39, 0.29) is 5.78 Å². The van der Waals surface area contributed by atoms with E-state index in [0.29, 0.717) is 5.56 Å². The van der Waals surface area contributed by atoms with Gasteiger partial charge in [0.05, 0.1) is 0 Å². The van der Waals surface area contributed by atoms with Crippen LogP contribution < -0.4 is 0 Å². The van der Waals surface area contributed by atoms with E-state index < -0.39 is 0 Å². The fourth-order valence-electron chi connectivity index (χ4n) is 2.21. The minimum Gasteiger partial charge on any atom is -0.383 e. The summed E-state index contributed by atoms with van der Waals surface area (Å²) >= 11 is 0. The molecule has 0 unspecified atom stereocenters. The van der Waals surface area contributed by atoms with Gasteiger partial charge in [-0.15, -0.1) is 0 Å². The number of nitrogens with zero attached hydrogens (tertiary/aromatic N) is 2. The summed E-state index contributed by atoms with van der Waals surface area (Å²) in [4.78, 5) is 14.2. The molecule has 0 atom stereocenters. The molecule has 0 N–H and O–H groups in total. The molecule has 2 rings (SSSR count). The maximum atomic E-state index is 12.3. The van der Waals surface area contributed by atoms with Gasteiger partial charge in [-0.25, -0.2) is 0 Å². The van der Waals surface area contributed by atoms with E-state index >= 15 is 0 Å². The summed E-state index contributed by atoms with van der Waals surface area (Å²) in [5.74, 6) is 0.0611. The molecule has 0 saturated heterocycles. The number of hydrogen-bond acceptors (Lipinski definition) is 2. The van der Waals surface area contributed by atoms with Crippen molar-refractivity contribution in [3.63, 3.8) is 0 Å². The van der Waals surface area contributed by atoms with Crippen molar-refractivity contribution < 1.29 is 4.79 Å². The number of hydrogen-bond donors (Lipinski definition) is 0. The number of carbonyl (C=O) groups is 1. The average Bonchev–Trinajstić information content (AvgIpc) is 2.87. The molecule has 0 aliphatic carbocycles. The Labute approximate surface area is 120 Å². The number of allylic oxidation sites excluding steroid dienone is 1. The van der Waals surface area contributed by atoms with Gasteiger partial charge >= 0.3 is 0 Å². The Morgan fingerprint density at radius 3 is 2.55 bits per heavy atom. The number of benzene rings is 1. The summed E-state index contributed by atoms with van der Waals surface area (Å²) in [5.41, 5.74) is 3.73. The second kappa shape index (κ2) is 5.78. The second-order valence-corrected chi connectivity index (χ2v) is 5.20. The highest BCUT2D eigenvalue weighted by atomic mass is 16.1. The van der Waals surface area contributed by atoms with Crippen LogP contribution in [0, 0.1) is 6.92 Å². The third-order valence-corrected chi connectivity index (χ3v) is 3.16. The van der Waals surface area contributed by atoms with Gasteiger partial charge in [-0.1, -0.05) is 18.2 Å². The van der Waals surface area contributed by atoms with Gasteiger partial charge in [0, 0.05) is 49.5 Å². The Bertz CT molecular complexity index is 651. The van der Waals surface area contributed by atoms with Gasteiger partial charge in [0.15, 0.2) is 5.78 Å². The van der Waals surface area contributed by atoms with Crippen LogP contribution in [-0.2, 0) is 0 Å². The summed E-state index contributed by atoms with van der Waals surface area (Å²) in [6.07, 6.45) is 5.66. The zero-order valence-corrected chi connectivity index (χ0v) is 12.4. The molecule has 3 heteroatoms. The van der Waals surface area contributed by atoms with Crippen LogP contribution >= 0.6 is 0 Å². The third-order valence-electron chi connectivity index (χ3n) is 3.16. The predicted octanol–water partition coefficient (Wildman–Crippen LogP) is 3.43. The molecular formula is C17H20N2O. The Morgan fingerprint density at radius 2 is 1.90 bits per heavy atom. The Kier molecular flexibility index (Phi) is 4.08. The molecule has 0 radical (unpaired) electrons. The van der Waals surface area contributed by atoms with Crippen LogP contribution in [0.3, 0.4) is 0 Å². The average molecular weight is 268 g/mol. The second-order valence-electron chi connectivity index (χ2n) is 5.20. The molecule has 0 fully saturated rings. The number of aryl methyl sites for hydroxylation is 1. The normalized spacial score (nSPS) is 11.5. The number of ketones is 1. The van der Waals surface area contributed by atoms with Crippen molar-refractivity contribution in [2.75, 3.05) is 14.1 Å². The first-order valence-corrected chi connectivity index (χ1v) is 6.62. The number of para-hydroxylation sites is 1. The van der Waals surface area contributed by atoms with Crippen LogP contribution in [0.4, 0.5) is 0 Å². The van der Waals surface area contributed by atoms with Crippen molar-refractivity contribution in [1.82, 2.24) is 9.47 Å². The zero-order chi connectivity index (χ0) is 14.7. The van der Waals surface area contributed by atoms with Crippen LogP contribution in [0.15, 0.2) is 54.5 Å².